The number of ether oxygens (including phenoxy) is 2. The number of aliphatic imine (C=N–C) groups is 1. The molecule has 21 heavy (non-hydrogen) atoms. The maximum atomic E-state index is 13.5. The molecule has 0 N–H and O–H groups in total. The highest BCUT2D eigenvalue weighted by Crippen LogP contribution is 2.40. The zero-order valence-corrected chi connectivity index (χ0v) is 11.6. The Hall–Kier alpha value is -2.18. The minimum Gasteiger partial charge on any atom is -0.493 e. The van der Waals surface area contributed by atoms with Crippen LogP contribution in [0.3, 0.4) is 0 Å². The van der Waals surface area contributed by atoms with Crippen molar-refractivity contribution < 1.29 is 23.0 Å². The van der Waals surface area contributed by atoms with Gasteiger partial charge in [0, 0.05) is 18.7 Å². The summed E-state index contributed by atoms with van der Waals surface area (Å²) in [4.78, 5) is 17.8. The van der Waals surface area contributed by atoms with Gasteiger partial charge in [-0.1, -0.05) is 0 Å². The minimum atomic E-state index is -2.87. The second kappa shape index (κ2) is 4.68. The molecular weight excluding hydrogens is 282 g/mol. The van der Waals surface area contributed by atoms with Crippen molar-refractivity contribution >= 4 is 17.8 Å². The van der Waals surface area contributed by atoms with Crippen molar-refractivity contribution in [1.29, 1.82) is 0 Å². The predicted octanol–water partition coefficient (Wildman–Crippen LogP) is 2.27. The quantitative estimate of drug-likeness (QED) is 0.841. The number of carbonyl (C=O) groups excluding carboxylic acids is 1. The number of methoxy groups -OCH3 is 2. The summed E-state index contributed by atoms with van der Waals surface area (Å²) in [5, 5.41) is 0. The molecule has 1 aromatic rings. The first-order valence-electron chi connectivity index (χ1n) is 6.44. The average molecular weight is 296 g/mol. The highest BCUT2D eigenvalue weighted by atomic mass is 19.3. The molecule has 5 nitrogen and oxygen atoms in total. The number of hydrogen-bond donors (Lipinski definition) is 0. The summed E-state index contributed by atoms with van der Waals surface area (Å²) in [6.07, 6.45) is 1.00. The topological polar surface area (TPSA) is 51.1 Å². The highest BCUT2D eigenvalue weighted by Gasteiger charge is 2.47. The Labute approximate surface area is 120 Å². The summed E-state index contributed by atoms with van der Waals surface area (Å²) < 4.78 is 37.3. The van der Waals surface area contributed by atoms with Crippen LogP contribution in [-0.4, -0.2) is 49.8 Å². The van der Waals surface area contributed by atoms with E-state index in [9.17, 15) is 13.6 Å². The maximum Gasteiger partial charge on any atom is 0.267 e. The molecule has 1 saturated heterocycles. The molecule has 112 valence electrons. The fourth-order valence-corrected chi connectivity index (χ4v) is 2.67. The Morgan fingerprint density at radius 2 is 1.95 bits per heavy atom. The van der Waals surface area contributed by atoms with E-state index >= 15 is 0 Å². The van der Waals surface area contributed by atoms with Crippen molar-refractivity contribution in [2.24, 2.45) is 4.99 Å². The van der Waals surface area contributed by atoms with Gasteiger partial charge in [0.1, 0.15) is 0 Å². The van der Waals surface area contributed by atoms with Crippen LogP contribution in [0.15, 0.2) is 17.1 Å². The van der Waals surface area contributed by atoms with Crippen LogP contribution in [0, 0.1) is 0 Å². The molecule has 2 heterocycles. The summed E-state index contributed by atoms with van der Waals surface area (Å²) in [6.45, 7) is -0.587. The van der Waals surface area contributed by atoms with Gasteiger partial charge in [-0.3, -0.25) is 9.79 Å². The number of alkyl halides is 2. The van der Waals surface area contributed by atoms with Crippen molar-refractivity contribution in [3.63, 3.8) is 0 Å². The van der Waals surface area contributed by atoms with Crippen molar-refractivity contribution in [2.45, 2.75) is 18.4 Å². The molecule has 2 aliphatic rings. The summed E-state index contributed by atoms with van der Waals surface area (Å²) in [5.74, 6) is -2.54. The lowest BCUT2D eigenvalue weighted by Gasteiger charge is -2.20. The molecule has 0 aliphatic carbocycles. The number of halogens is 2. The predicted molar refractivity (Wildman–Crippen MR) is 72.1 cm³/mol. The second-order valence-corrected chi connectivity index (χ2v) is 5.06. The van der Waals surface area contributed by atoms with Gasteiger partial charge in [0.05, 0.1) is 38.1 Å². The van der Waals surface area contributed by atoms with Crippen LogP contribution in [0.4, 0.5) is 14.5 Å². The Morgan fingerprint density at radius 3 is 2.62 bits per heavy atom. The molecule has 2 aliphatic heterocycles. The molecule has 1 fully saturated rings. The molecule has 0 bridgehead atoms. The van der Waals surface area contributed by atoms with Crippen molar-refractivity contribution in [2.75, 3.05) is 20.8 Å². The summed E-state index contributed by atoms with van der Waals surface area (Å²) in [7, 11) is 2.92. The number of carbonyl (C=O) groups is 1. The normalized spacial score (nSPS) is 22.6. The first kappa shape index (κ1) is 13.8. The van der Waals surface area contributed by atoms with Crippen molar-refractivity contribution in [3.8, 4) is 11.5 Å². The van der Waals surface area contributed by atoms with E-state index in [-0.39, 0.29) is 5.56 Å². The largest absolute Gasteiger partial charge is 0.493 e. The van der Waals surface area contributed by atoms with E-state index in [1.807, 2.05) is 0 Å². The maximum absolute atomic E-state index is 13.5. The number of nitrogens with zero attached hydrogens (tertiary/aromatic N) is 2. The molecule has 1 amide bonds. The van der Waals surface area contributed by atoms with Crippen molar-refractivity contribution in [3.05, 3.63) is 17.7 Å². The van der Waals surface area contributed by atoms with Gasteiger partial charge in [-0.2, -0.15) is 0 Å². The van der Waals surface area contributed by atoms with Crippen LogP contribution in [-0.2, 0) is 0 Å². The van der Waals surface area contributed by atoms with Gasteiger partial charge in [-0.25, -0.2) is 8.78 Å². The molecular formula is C14H14F2N2O3. The fraction of sp³-hybridized carbons (Fsp3) is 0.429. The molecule has 0 radical (unpaired) electrons. The summed E-state index contributed by atoms with van der Waals surface area (Å²) in [5.41, 5.74) is 0.638. The van der Waals surface area contributed by atoms with E-state index < -0.39 is 30.8 Å². The number of amides is 1. The standard InChI is InChI=1S/C14H14F2N2O3/c1-20-11-3-9-10(4-12(11)21-2)17-6-8-5-14(15,16)7-18(8)13(9)19/h3-4,6,8H,5,7H2,1-2H3/t8-/m0/s1. The van der Waals surface area contributed by atoms with Gasteiger partial charge >= 0.3 is 0 Å². The molecule has 1 aromatic carbocycles. The molecule has 0 unspecified atom stereocenters. The molecule has 0 spiro atoms. The number of fused-ring (bicyclic) bond motifs is 2. The van der Waals surface area contributed by atoms with E-state index in [1.165, 1.54) is 26.5 Å². The lowest BCUT2D eigenvalue weighted by atomic mass is 10.1. The van der Waals surface area contributed by atoms with Gasteiger partial charge < -0.3 is 14.4 Å². The van der Waals surface area contributed by atoms with E-state index in [0.717, 1.165) is 4.90 Å². The van der Waals surface area contributed by atoms with Crippen molar-refractivity contribution in [1.82, 2.24) is 4.90 Å². The lowest BCUT2D eigenvalue weighted by Crippen LogP contribution is -2.36. The van der Waals surface area contributed by atoms with E-state index in [4.69, 9.17) is 9.47 Å². The Balaban J connectivity index is 2.07. The fourth-order valence-electron chi connectivity index (χ4n) is 2.67. The smallest absolute Gasteiger partial charge is 0.267 e. The van der Waals surface area contributed by atoms with E-state index in [1.54, 1.807) is 6.07 Å². The van der Waals surface area contributed by atoms with E-state index in [0.29, 0.717) is 17.2 Å². The van der Waals surface area contributed by atoms with Gasteiger partial charge in [-0.15, -0.1) is 0 Å². The Morgan fingerprint density at radius 1 is 1.29 bits per heavy atom. The third-order valence-electron chi connectivity index (χ3n) is 3.69. The van der Waals surface area contributed by atoms with Crippen LogP contribution < -0.4 is 9.47 Å². The number of hydrogen-bond acceptors (Lipinski definition) is 4. The lowest BCUT2D eigenvalue weighted by molar-refractivity contribution is 0.0119. The molecule has 1 atom stereocenters. The number of benzene rings is 1. The Kier molecular flexibility index (Phi) is 3.07. The molecule has 7 heteroatoms. The highest BCUT2D eigenvalue weighted by molar-refractivity contribution is 6.03. The monoisotopic (exact) mass is 296 g/mol. The summed E-state index contributed by atoms with van der Waals surface area (Å²) in [6, 6.07) is 2.37. The SMILES string of the molecule is COc1cc2c(cc1OC)C(=O)N1CC(F)(F)C[C@H]1C=N2. The zero-order valence-electron chi connectivity index (χ0n) is 11.6. The third-order valence-corrected chi connectivity index (χ3v) is 3.69. The van der Waals surface area contributed by atoms with Gasteiger partial charge in [0.25, 0.3) is 11.8 Å². The molecule has 3 rings (SSSR count). The second-order valence-electron chi connectivity index (χ2n) is 5.06. The van der Waals surface area contributed by atoms with Crippen LogP contribution in [0.5, 0.6) is 11.5 Å². The average Bonchev–Trinajstić information content (AvgIpc) is 2.72. The third kappa shape index (κ3) is 2.22. The minimum absolute atomic E-state index is 0.240. The molecule has 0 saturated carbocycles. The van der Waals surface area contributed by atoms with Gasteiger partial charge in [-0.05, 0) is 6.07 Å². The zero-order chi connectivity index (χ0) is 15.2. The van der Waals surface area contributed by atoms with Gasteiger partial charge in [0.15, 0.2) is 11.5 Å². The molecule has 0 aromatic heterocycles. The number of rotatable bonds is 2. The Bertz CT molecular complexity index is 631. The van der Waals surface area contributed by atoms with Crippen LogP contribution in [0.2, 0.25) is 0 Å². The first-order valence-corrected chi connectivity index (χ1v) is 6.44. The first-order chi connectivity index (χ1) is 9.95. The van der Waals surface area contributed by atoms with E-state index in [2.05, 4.69) is 4.99 Å². The van der Waals surface area contributed by atoms with Crippen LogP contribution >= 0.6 is 0 Å². The summed E-state index contributed by atoms with van der Waals surface area (Å²) >= 11 is 0. The van der Waals surface area contributed by atoms with Crippen LogP contribution in [0.25, 0.3) is 0 Å². The van der Waals surface area contributed by atoms with Gasteiger partial charge in [0.2, 0.25) is 0 Å². The van der Waals surface area contributed by atoms with Crippen LogP contribution in [0.1, 0.15) is 16.8 Å².